The number of nitrogens with one attached hydrogen (secondary N) is 2. The highest BCUT2D eigenvalue weighted by Gasteiger charge is 2.31. The van der Waals surface area contributed by atoms with Gasteiger partial charge in [0, 0.05) is 24.9 Å². The topological polar surface area (TPSA) is 63.3 Å². The highest BCUT2D eigenvalue weighted by atomic mass is 32.1. The Bertz CT molecular complexity index is 712. The number of carbonyl (C=O) groups excluding carboxylic acids is 1. The molecule has 2 aromatic rings. The first-order chi connectivity index (χ1) is 11.1. The summed E-state index contributed by atoms with van der Waals surface area (Å²) in [5.74, 6) is 1.95. The van der Waals surface area contributed by atoms with Crippen LogP contribution in [0.15, 0.2) is 24.3 Å². The van der Waals surface area contributed by atoms with Gasteiger partial charge in [0.2, 0.25) is 5.91 Å². The first-order valence-electron chi connectivity index (χ1n) is 7.78. The molecule has 0 saturated carbocycles. The third-order valence-electron chi connectivity index (χ3n) is 3.70. The number of benzene rings is 1. The number of carbonyl (C=O) groups is 1. The van der Waals surface area contributed by atoms with Crippen LogP contribution in [0.5, 0.6) is 5.75 Å². The number of amides is 1. The van der Waals surface area contributed by atoms with Gasteiger partial charge in [-0.25, -0.2) is 4.98 Å². The first-order valence-corrected chi connectivity index (χ1v) is 8.60. The fourth-order valence-electron chi connectivity index (χ4n) is 2.63. The van der Waals surface area contributed by atoms with Crippen molar-refractivity contribution in [1.82, 2.24) is 4.98 Å². The molecule has 0 fully saturated rings. The number of nitrogens with zero attached hydrogens (tertiary/aromatic N) is 1. The number of rotatable bonds is 5. The lowest BCUT2D eigenvalue weighted by atomic mass is 9.91. The van der Waals surface area contributed by atoms with Gasteiger partial charge in [-0.1, -0.05) is 43.4 Å². The molecule has 0 bridgehead atoms. The molecule has 1 aliphatic rings. The van der Waals surface area contributed by atoms with Crippen LogP contribution in [0.2, 0.25) is 0 Å². The smallest absolute Gasteiger partial charge is 0.226 e. The van der Waals surface area contributed by atoms with Crippen molar-refractivity contribution in [3.63, 3.8) is 0 Å². The summed E-state index contributed by atoms with van der Waals surface area (Å²) in [6.07, 6.45) is 0.417. The monoisotopic (exact) mass is 331 g/mol. The first kappa shape index (κ1) is 15.8. The lowest BCUT2D eigenvalue weighted by Gasteiger charge is -2.24. The number of aromatic nitrogens is 1. The van der Waals surface area contributed by atoms with Gasteiger partial charge in [-0.2, -0.15) is 0 Å². The number of hydrogen-bond donors (Lipinski definition) is 2. The molecular formula is C17H21N3O2S. The Hall–Kier alpha value is -2.08. The third kappa shape index (κ3) is 3.32. The molecule has 1 aliphatic heterocycles. The van der Waals surface area contributed by atoms with Crippen molar-refractivity contribution < 1.29 is 9.53 Å². The third-order valence-corrected chi connectivity index (χ3v) is 4.88. The molecule has 0 aliphatic carbocycles. The number of anilines is 2. The summed E-state index contributed by atoms with van der Waals surface area (Å²) in [4.78, 5) is 17.6. The molecule has 122 valence electrons. The van der Waals surface area contributed by atoms with Crippen LogP contribution in [-0.4, -0.2) is 24.5 Å². The summed E-state index contributed by atoms with van der Waals surface area (Å²) in [5, 5.41) is 6.72. The predicted octanol–water partition coefficient (Wildman–Crippen LogP) is 3.69. The second kappa shape index (κ2) is 6.58. The average Bonchev–Trinajstić information content (AvgIpc) is 2.95. The maximum atomic E-state index is 12.1. The van der Waals surface area contributed by atoms with Crippen molar-refractivity contribution in [3.05, 3.63) is 34.7 Å². The Morgan fingerprint density at radius 3 is 2.96 bits per heavy atom. The number of para-hydroxylation sites is 1. The van der Waals surface area contributed by atoms with Crippen molar-refractivity contribution in [2.24, 2.45) is 5.92 Å². The molecule has 1 aromatic heterocycles. The maximum Gasteiger partial charge on any atom is 0.226 e. The molecule has 3 rings (SSSR count). The van der Waals surface area contributed by atoms with Crippen molar-refractivity contribution >= 4 is 28.2 Å². The fourth-order valence-corrected chi connectivity index (χ4v) is 3.63. The number of ether oxygens (including phenoxy) is 1. The van der Waals surface area contributed by atoms with E-state index < -0.39 is 0 Å². The van der Waals surface area contributed by atoms with Crippen LogP contribution >= 0.6 is 11.3 Å². The van der Waals surface area contributed by atoms with Crippen molar-refractivity contribution in [2.75, 3.05) is 24.3 Å². The second-order valence-corrected chi connectivity index (χ2v) is 7.06. The van der Waals surface area contributed by atoms with E-state index in [0.717, 1.165) is 21.3 Å². The second-order valence-electron chi connectivity index (χ2n) is 6.03. The molecule has 1 amide bonds. The molecule has 5 nitrogen and oxygen atoms in total. The van der Waals surface area contributed by atoms with Crippen LogP contribution < -0.4 is 15.4 Å². The molecule has 6 heteroatoms. The number of thiazole rings is 1. The largest absolute Gasteiger partial charge is 0.493 e. The minimum atomic E-state index is -0.0123. The van der Waals surface area contributed by atoms with Gasteiger partial charge in [0.15, 0.2) is 5.13 Å². The molecule has 0 saturated heterocycles. The van der Waals surface area contributed by atoms with Gasteiger partial charge in [0.05, 0.1) is 11.5 Å². The molecule has 1 atom stereocenters. The van der Waals surface area contributed by atoms with E-state index in [9.17, 15) is 4.79 Å². The summed E-state index contributed by atoms with van der Waals surface area (Å²) in [6.45, 7) is 4.90. The molecule has 0 radical (unpaired) electrons. The quantitative estimate of drug-likeness (QED) is 0.877. The Kier molecular flexibility index (Phi) is 4.52. The lowest BCUT2D eigenvalue weighted by molar-refractivity contribution is -0.116. The standard InChI is InChI=1S/C17H21N3O2S/c1-10(2)9-22-13-7-5-4-6-11(13)12-8-14(21)19-16-15(12)23-17(18-3)20-16/h4-7,10,12H,8-9H2,1-3H3,(H,18,20)(H,19,21)/t12-/m1/s1. The van der Waals surface area contributed by atoms with E-state index in [2.05, 4.69) is 29.5 Å². The van der Waals surface area contributed by atoms with Crippen LogP contribution in [0.25, 0.3) is 0 Å². The molecule has 0 unspecified atom stereocenters. The summed E-state index contributed by atoms with van der Waals surface area (Å²) in [5.41, 5.74) is 1.05. The highest BCUT2D eigenvalue weighted by Crippen LogP contribution is 2.44. The molecular weight excluding hydrogens is 310 g/mol. The van der Waals surface area contributed by atoms with E-state index in [1.54, 1.807) is 11.3 Å². The zero-order valence-corrected chi connectivity index (χ0v) is 14.4. The summed E-state index contributed by atoms with van der Waals surface area (Å²) in [7, 11) is 1.83. The van der Waals surface area contributed by atoms with Gasteiger partial charge < -0.3 is 15.4 Å². The Balaban J connectivity index is 1.98. The van der Waals surface area contributed by atoms with Crippen molar-refractivity contribution in [1.29, 1.82) is 0 Å². The van der Waals surface area contributed by atoms with Crippen LogP contribution in [-0.2, 0) is 4.79 Å². The average molecular weight is 331 g/mol. The minimum Gasteiger partial charge on any atom is -0.493 e. The van der Waals surface area contributed by atoms with Gasteiger partial charge in [-0.15, -0.1) is 0 Å². The number of hydrogen-bond acceptors (Lipinski definition) is 5. The van der Waals surface area contributed by atoms with Gasteiger partial charge in [-0.3, -0.25) is 4.79 Å². The van der Waals surface area contributed by atoms with E-state index in [0.29, 0.717) is 24.8 Å². The summed E-state index contributed by atoms with van der Waals surface area (Å²) >= 11 is 1.58. The van der Waals surface area contributed by atoms with E-state index in [1.807, 2.05) is 31.3 Å². The zero-order valence-electron chi connectivity index (χ0n) is 13.6. The molecule has 23 heavy (non-hydrogen) atoms. The van der Waals surface area contributed by atoms with Crippen LogP contribution in [0, 0.1) is 5.92 Å². The van der Waals surface area contributed by atoms with Crippen LogP contribution in [0.3, 0.4) is 0 Å². The predicted molar refractivity (Wildman–Crippen MR) is 93.5 cm³/mol. The van der Waals surface area contributed by atoms with Gasteiger partial charge in [0.1, 0.15) is 11.6 Å². The molecule has 1 aromatic carbocycles. The maximum absolute atomic E-state index is 12.1. The van der Waals surface area contributed by atoms with E-state index in [1.165, 1.54) is 0 Å². The zero-order chi connectivity index (χ0) is 16.4. The molecule has 2 heterocycles. The normalized spacial score (nSPS) is 16.9. The van der Waals surface area contributed by atoms with Crippen LogP contribution in [0.4, 0.5) is 10.9 Å². The summed E-state index contributed by atoms with van der Waals surface area (Å²) in [6, 6.07) is 7.98. The van der Waals surface area contributed by atoms with Gasteiger partial charge >= 0.3 is 0 Å². The van der Waals surface area contributed by atoms with E-state index in [4.69, 9.17) is 4.74 Å². The van der Waals surface area contributed by atoms with Gasteiger partial charge in [0.25, 0.3) is 0 Å². The summed E-state index contributed by atoms with van der Waals surface area (Å²) < 4.78 is 5.97. The molecule has 2 N–H and O–H groups in total. The van der Waals surface area contributed by atoms with Crippen molar-refractivity contribution in [2.45, 2.75) is 26.2 Å². The van der Waals surface area contributed by atoms with E-state index >= 15 is 0 Å². The van der Waals surface area contributed by atoms with Crippen LogP contribution in [0.1, 0.15) is 36.6 Å². The van der Waals surface area contributed by atoms with Crippen molar-refractivity contribution in [3.8, 4) is 5.75 Å². The number of fused-ring (bicyclic) bond motifs is 1. The van der Waals surface area contributed by atoms with Gasteiger partial charge in [-0.05, 0) is 12.0 Å². The Morgan fingerprint density at radius 2 is 2.22 bits per heavy atom. The fraction of sp³-hybridized carbons (Fsp3) is 0.412. The molecule has 0 spiro atoms. The lowest BCUT2D eigenvalue weighted by Crippen LogP contribution is -2.23. The van der Waals surface area contributed by atoms with E-state index in [-0.39, 0.29) is 11.8 Å². The Morgan fingerprint density at radius 1 is 1.43 bits per heavy atom. The highest BCUT2D eigenvalue weighted by molar-refractivity contribution is 7.16. The SMILES string of the molecule is CNc1nc2c(s1)[C@@H](c1ccccc1OCC(C)C)CC(=O)N2. The minimum absolute atomic E-state index is 0.00545. The Labute approximate surface area is 140 Å².